The lowest BCUT2D eigenvalue weighted by molar-refractivity contribution is -0.133. The summed E-state index contributed by atoms with van der Waals surface area (Å²) in [5, 5.41) is 23.9. The highest BCUT2D eigenvalue weighted by Crippen LogP contribution is 2.23. The van der Waals surface area contributed by atoms with Crippen LogP contribution in [0.4, 0.5) is 5.69 Å². The summed E-state index contributed by atoms with van der Waals surface area (Å²) in [4.78, 5) is 23.8. The third-order valence-electron chi connectivity index (χ3n) is 3.98. The summed E-state index contributed by atoms with van der Waals surface area (Å²) in [5.41, 5.74) is 10.1. The molecule has 2 rings (SSSR count). The van der Waals surface area contributed by atoms with Gasteiger partial charge in [-0.05, 0) is 42.3 Å². The molecule has 0 radical (unpaired) electrons. The number of nitrogens with two attached hydrogens (primary N) is 1. The number of aliphatic hydroxyl groups is 1. The van der Waals surface area contributed by atoms with Crippen molar-refractivity contribution in [3.63, 3.8) is 0 Å². The molecule has 0 fully saturated rings. The van der Waals surface area contributed by atoms with E-state index in [0.29, 0.717) is 18.7 Å². The lowest BCUT2D eigenvalue weighted by Crippen LogP contribution is -2.51. The molecule has 0 saturated carbocycles. The zero-order valence-electron chi connectivity index (χ0n) is 15.0. The minimum absolute atomic E-state index is 0.326. The molecule has 7 N–H and O–H groups in total. The summed E-state index contributed by atoms with van der Waals surface area (Å²) in [5.74, 6) is -1.42. The highest BCUT2D eigenvalue weighted by Gasteiger charge is 2.25. The number of carbonyl (C=O) groups excluding carboxylic acids is 2. The van der Waals surface area contributed by atoms with Crippen LogP contribution in [0.3, 0.4) is 0 Å². The predicted molar refractivity (Wildman–Crippen MR) is 102 cm³/mol. The van der Waals surface area contributed by atoms with Crippen LogP contribution >= 0.6 is 0 Å². The van der Waals surface area contributed by atoms with Gasteiger partial charge >= 0.3 is 0 Å². The van der Waals surface area contributed by atoms with Gasteiger partial charge in [-0.15, -0.1) is 0 Å². The lowest BCUT2D eigenvalue weighted by Gasteiger charge is -2.19. The largest absolute Gasteiger partial charge is 0.391 e. The average molecular weight is 372 g/mol. The lowest BCUT2D eigenvalue weighted by atomic mass is 10.0. The Morgan fingerprint density at radius 3 is 2.41 bits per heavy atom. The first-order valence-electron chi connectivity index (χ1n) is 8.53. The van der Waals surface area contributed by atoms with Crippen molar-refractivity contribution in [1.82, 2.24) is 10.8 Å². The van der Waals surface area contributed by atoms with Gasteiger partial charge in [0.1, 0.15) is 6.04 Å². The summed E-state index contributed by atoms with van der Waals surface area (Å²) in [6.07, 6.45) is -1.16. The van der Waals surface area contributed by atoms with E-state index in [1.54, 1.807) is 24.3 Å². The van der Waals surface area contributed by atoms with E-state index < -0.39 is 24.0 Å². The first-order valence-corrected chi connectivity index (χ1v) is 8.53. The third-order valence-corrected chi connectivity index (χ3v) is 3.98. The minimum atomic E-state index is -1.26. The van der Waals surface area contributed by atoms with Crippen molar-refractivity contribution < 1.29 is 19.9 Å². The van der Waals surface area contributed by atoms with Crippen molar-refractivity contribution >= 4 is 17.5 Å². The molecule has 0 aromatic heterocycles. The van der Waals surface area contributed by atoms with E-state index in [2.05, 4.69) is 10.6 Å². The van der Waals surface area contributed by atoms with Crippen LogP contribution in [0.2, 0.25) is 0 Å². The van der Waals surface area contributed by atoms with Gasteiger partial charge in [0.15, 0.2) is 0 Å². The SMILES string of the molecule is C[C@@H](O)[C@H](NC(=O)c1ccc(-c2cccc(NCCN)c2)cc1)C(=O)NO. The van der Waals surface area contributed by atoms with Gasteiger partial charge in [0.05, 0.1) is 6.10 Å². The zero-order chi connectivity index (χ0) is 19.8. The normalized spacial score (nSPS) is 12.7. The summed E-state index contributed by atoms with van der Waals surface area (Å²) in [6, 6.07) is 13.4. The Labute approximate surface area is 157 Å². The topological polar surface area (TPSA) is 137 Å². The van der Waals surface area contributed by atoms with Gasteiger partial charge in [-0.2, -0.15) is 0 Å². The van der Waals surface area contributed by atoms with E-state index in [1.165, 1.54) is 12.4 Å². The predicted octanol–water partition coefficient (Wildman–Crippen LogP) is 0.709. The first kappa shape index (κ1) is 20.4. The monoisotopic (exact) mass is 372 g/mol. The second-order valence-corrected chi connectivity index (χ2v) is 6.04. The van der Waals surface area contributed by atoms with E-state index in [0.717, 1.165) is 16.8 Å². The first-order chi connectivity index (χ1) is 13.0. The van der Waals surface area contributed by atoms with Crippen LogP contribution in [0.1, 0.15) is 17.3 Å². The fraction of sp³-hybridized carbons (Fsp3) is 0.263. The Hall–Kier alpha value is -2.94. The van der Waals surface area contributed by atoms with Crippen LogP contribution in [-0.4, -0.2) is 47.4 Å². The standard InChI is InChI=1S/C19H24N4O4/c1-12(24)17(19(26)23-27)22-18(25)14-7-5-13(6-8-14)15-3-2-4-16(11-15)21-10-9-20/h2-8,11-12,17,21,24,27H,9-10,20H2,1H3,(H,22,25)(H,23,26)/t12-,17+/m1/s1. The number of nitrogens with one attached hydrogen (secondary N) is 3. The maximum absolute atomic E-state index is 12.3. The Morgan fingerprint density at radius 1 is 1.11 bits per heavy atom. The van der Waals surface area contributed by atoms with Gasteiger partial charge in [-0.1, -0.05) is 24.3 Å². The molecule has 0 spiro atoms. The highest BCUT2D eigenvalue weighted by atomic mass is 16.5. The summed E-state index contributed by atoms with van der Waals surface area (Å²) < 4.78 is 0. The van der Waals surface area contributed by atoms with Gasteiger partial charge in [0.2, 0.25) is 0 Å². The van der Waals surface area contributed by atoms with Gasteiger partial charge < -0.3 is 21.5 Å². The second-order valence-electron chi connectivity index (χ2n) is 6.04. The molecular formula is C19H24N4O4. The molecule has 2 aromatic rings. The molecular weight excluding hydrogens is 348 g/mol. The fourth-order valence-electron chi connectivity index (χ4n) is 2.54. The fourth-order valence-corrected chi connectivity index (χ4v) is 2.54. The van der Waals surface area contributed by atoms with Crippen molar-refractivity contribution in [2.24, 2.45) is 5.73 Å². The van der Waals surface area contributed by atoms with Crippen LogP contribution in [0, 0.1) is 0 Å². The number of hydrogen-bond acceptors (Lipinski definition) is 6. The Morgan fingerprint density at radius 2 is 1.81 bits per heavy atom. The maximum atomic E-state index is 12.3. The van der Waals surface area contributed by atoms with Crippen LogP contribution < -0.4 is 21.8 Å². The number of carbonyl (C=O) groups is 2. The smallest absolute Gasteiger partial charge is 0.268 e. The number of hydrogen-bond donors (Lipinski definition) is 6. The summed E-state index contributed by atoms with van der Waals surface area (Å²) >= 11 is 0. The molecule has 0 bridgehead atoms. The highest BCUT2D eigenvalue weighted by molar-refractivity contribution is 5.98. The zero-order valence-corrected chi connectivity index (χ0v) is 15.0. The average Bonchev–Trinajstić information content (AvgIpc) is 2.69. The molecule has 2 amide bonds. The van der Waals surface area contributed by atoms with Crippen molar-refractivity contribution in [2.75, 3.05) is 18.4 Å². The van der Waals surface area contributed by atoms with Crippen LogP contribution in [0.25, 0.3) is 11.1 Å². The molecule has 0 saturated heterocycles. The third kappa shape index (κ3) is 5.52. The van der Waals surface area contributed by atoms with Crippen molar-refractivity contribution in [3.05, 3.63) is 54.1 Å². The Kier molecular flexibility index (Phi) is 7.30. The van der Waals surface area contributed by atoms with Gasteiger partial charge in [-0.25, -0.2) is 5.48 Å². The quantitative estimate of drug-likeness (QED) is 0.298. The molecule has 0 aliphatic carbocycles. The van der Waals surface area contributed by atoms with Gasteiger partial charge in [0.25, 0.3) is 11.8 Å². The Balaban J connectivity index is 2.12. The molecule has 0 aliphatic heterocycles. The van der Waals surface area contributed by atoms with E-state index in [9.17, 15) is 14.7 Å². The number of amides is 2. The summed E-state index contributed by atoms with van der Waals surface area (Å²) in [7, 11) is 0. The number of rotatable bonds is 8. The molecule has 2 aromatic carbocycles. The van der Waals surface area contributed by atoms with Gasteiger partial charge in [0, 0.05) is 24.3 Å². The number of benzene rings is 2. The number of anilines is 1. The maximum Gasteiger partial charge on any atom is 0.268 e. The van der Waals surface area contributed by atoms with E-state index in [1.807, 2.05) is 24.3 Å². The molecule has 0 unspecified atom stereocenters. The van der Waals surface area contributed by atoms with Crippen LogP contribution in [0.15, 0.2) is 48.5 Å². The van der Waals surface area contributed by atoms with E-state index in [4.69, 9.17) is 10.9 Å². The van der Waals surface area contributed by atoms with Crippen molar-refractivity contribution in [3.8, 4) is 11.1 Å². The molecule has 0 heterocycles. The minimum Gasteiger partial charge on any atom is -0.391 e. The van der Waals surface area contributed by atoms with E-state index in [-0.39, 0.29) is 0 Å². The summed E-state index contributed by atoms with van der Waals surface area (Å²) in [6.45, 7) is 2.55. The Bertz CT molecular complexity index is 778. The van der Waals surface area contributed by atoms with E-state index >= 15 is 0 Å². The molecule has 0 aliphatic rings. The number of aliphatic hydroxyl groups excluding tert-OH is 1. The molecule has 2 atom stereocenters. The molecule has 8 heteroatoms. The number of hydroxylamine groups is 1. The van der Waals surface area contributed by atoms with Gasteiger partial charge in [-0.3, -0.25) is 14.8 Å². The van der Waals surface area contributed by atoms with Crippen molar-refractivity contribution in [2.45, 2.75) is 19.1 Å². The van der Waals surface area contributed by atoms with Crippen LogP contribution in [-0.2, 0) is 4.79 Å². The molecule has 8 nitrogen and oxygen atoms in total. The second kappa shape index (κ2) is 9.67. The molecule has 144 valence electrons. The molecule has 27 heavy (non-hydrogen) atoms. The van der Waals surface area contributed by atoms with Crippen LogP contribution in [0.5, 0.6) is 0 Å². The van der Waals surface area contributed by atoms with Crippen molar-refractivity contribution in [1.29, 1.82) is 0 Å².